The molecule has 0 saturated carbocycles. The molecule has 2 aromatic rings. The third-order valence-electron chi connectivity index (χ3n) is 5.17. The maximum Gasteiger partial charge on any atom is 0.416 e. The Morgan fingerprint density at radius 2 is 2.03 bits per heavy atom. The Kier molecular flexibility index (Phi) is 6.98. The maximum atomic E-state index is 13.0. The topological polar surface area (TPSA) is 62.2 Å². The van der Waals surface area contributed by atoms with E-state index in [1.165, 1.54) is 23.0 Å². The van der Waals surface area contributed by atoms with Crippen molar-refractivity contribution in [2.45, 2.75) is 38.5 Å². The summed E-state index contributed by atoms with van der Waals surface area (Å²) in [6.07, 6.45) is -2.91. The molecule has 2 heterocycles. The van der Waals surface area contributed by atoms with Crippen molar-refractivity contribution in [2.24, 2.45) is 0 Å². The van der Waals surface area contributed by atoms with Crippen LogP contribution in [0.5, 0.6) is 0 Å². The summed E-state index contributed by atoms with van der Waals surface area (Å²) >= 11 is 6.17. The monoisotopic (exact) mass is 457 g/mol. The number of benzene rings is 1. The Labute approximate surface area is 184 Å². The van der Waals surface area contributed by atoms with E-state index in [-0.39, 0.29) is 16.6 Å². The second-order valence-electron chi connectivity index (χ2n) is 8.61. The Hall–Kier alpha value is -2.10. The Morgan fingerprint density at radius 1 is 1.29 bits per heavy atom. The number of hydrogen-bond donors (Lipinski definition) is 2. The lowest BCUT2D eigenvalue weighted by atomic mass is 10.0. The van der Waals surface area contributed by atoms with Crippen LogP contribution in [0.2, 0.25) is 5.02 Å². The second kappa shape index (κ2) is 9.18. The van der Waals surface area contributed by atoms with Crippen molar-refractivity contribution < 1.29 is 13.2 Å². The molecule has 1 unspecified atom stereocenters. The van der Waals surface area contributed by atoms with E-state index in [0.29, 0.717) is 37.4 Å². The predicted octanol–water partition coefficient (Wildman–Crippen LogP) is 3.73. The molecule has 6 nitrogen and oxygen atoms in total. The minimum absolute atomic E-state index is 0.196. The van der Waals surface area contributed by atoms with Crippen LogP contribution >= 0.6 is 11.6 Å². The minimum atomic E-state index is -4.36. The quantitative estimate of drug-likeness (QED) is 0.716. The molecule has 0 amide bonds. The molecule has 1 fully saturated rings. The molecule has 3 rings (SSSR count). The van der Waals surface area contributed by atoms with Crippen LogP contribution in [0.4, 0.5) is 18.9 Å². The molecule has 31 heavy (non-hydrogen) atoms. The lowest BCUT2D eigenvalue weighted by Crippen LogP contribution is -2.47. The number of alkyl halides is 3. The number of aromatic nitrogens is 2. The van der Waals surface area contributed by atoms with E-state index in [4.69, 9.17) is 11.6 Å². The second-order valence-corrected chi connectivity index (χ2v) is 9.02. The molecule has 1 atom stereocenters. The van der Waals surface area contributed by atoms with Crippen molar-refractivity contribution in [2.75, 3.05) is 38.0 Å². The van der Waals surface area contributed by atoms with Crippen LogP contribution in [0.15, 0.2) is 35.3 Å². The lowest BCUT2D eigenvalue weighted by molar-refractivity contribution is -0.137. The zero-order chi connectivity index (χ0) is 22.8. The van der Waals surface area contributed by atoms with E-state index >= 15 is 0 Å². The molecular weight excluding hydrogens is 431 g/mol. The standard InChI is InChI=1S/C21H27ClF3N5O/c1-20(2,3)30-19(31)18(16(22)12-28-30)27-8-10-29-9-7-26-17(13-29)14-5-4-6-15(11-14)21(23,24)25/h4-6,11-12,17,26-27H,7-10,13H2,1-3H3. The zero-order valence-electron chi connectivity index (χ0n) is 17.8. The van der Waals surface area contributed by atoms with Gasteiger partial charge in [-0.1, -0.05) is 23.7 Å². The Bertz CT molecular complexity index is 971. The number of piperazine rings is 1. The lowest BCUT2D eigenvalue weighted by Gasteiger charge is -2.34. The predicted molar refractivity (Wildman–Crippen MR) is 116 cm³/mol. The average Bonchev–Trinajstić information content (AvgIpc) is 2.69. The van der Waals surface area contributed by atoms with Gasteiger partial charge in [0, 0.05) is 38.8 Å². The third kappa shape index (κ3) is 5.78. The number of nitrogens with zero attached hydrogens (tertiary/aromatic N) is 3. The first kappa shape index (κ1) is 23.6. The number of anilines is 1. The highest BCUT2D eigenvalue weighted by Gasteiger charge is 2.31. The highest BCUT2D eigenvalue weighted by atomic mass is 35.5. The molecule has 0 radical (unpaired) electrons. The maximum absolute atomic E-state index is 13.0. The number of halogens is 4. The number of hydrogen-bond acceptors (Lipinski definition) is 5. The summed E-state index contributed by atoms with van der Waals surface area (Å²) in [4.78, 5) is 14.9. The number of nitrogens with one attached hydrogen (secondary N) is 2. The van der Waals surface area contributed by atoms with Crippen molar-refractivity contribution in [3.63, 3.8) is 0 Å². The first-order chi connectivity index (χ1) is 14.5. The van der Waals surface area contributed by atoms with Gasteiger partial charge < -0.3 is 10.6 Å². The van der Waals surface area contributed by atoms with Crippen molar-refractivity contribution in [3.8, 4) is 0 Å². The molecule has 0 bridgehead atoms. The van der Waals surface area contributed by atoms with E-state index in [2.05, 4.69) is 20.6 Å². The van der Waals surface area contributed by atoms with Gasteiger partial charge in [0.1, 0.15) is 5.69 Å². The SMILES string of the molecule is CC(C)(C)n1ncc(Cl)c(NCCN2CCNC(c3cccc(C(F)(F)F)c3)C2)c1=O. The molecule has 0 aliphatic carbocycles. The van der Waals surface area contributed by atoms with Gasteiger partial charge in [-0.2, -0.15) is 18.3 Å². The molecule has 1 aromatic carbocycles. The number of rotatable bonds is 5. The minimum Gasteiger partial charge on any atom is -0.378 e. The van der Waals surface area contributed by atoms with E-state index in [9.17, 15) is 18.0 Å². The van der Waals surface area contributed by atoms with Gasteiger partial charge >= 0.3 is 6.18 Å². The summed E-state index contributed by atoms with van der Waals surface area (Å²) in [6.45, 7) is 8.72. The van der Waals surface area contributed by atoms with Crippen LogP contribution < -0.4 is 16.2 Å². The third-order valence-corrected chi connectivity index (χ3v) is 5.46. The summed E-state index contributed by atoms with van der Waals surface area (Å²) in [5.74, 6) is 0. The fourth-order valence-corrected chi connectivity index (χ4v) is 3.77. The highest BCUT2D eigenvalue weighted by Crippen LogP contribution is 2.31. The van der Waals surface area contributed by atoms with Crippen molar-refractivity contribution in [3.05, 3.63) is 57.0 Å². The van der Waals surface area contributed by atoms with Crippen LogP contribution in [0.1, 0.15) is 37.9 Å². The van der Waals surface area contributed by atoms with Crippen molar-refractivity contribution in [1.82, 2.24) is 20.0 Å². The summed E-state index contributed by atoms with van der Waals surface area (Å²) in [5.41, 5.74) is -0.501. The van der Waals surface area contributed by atoms with Crippen LogP contribution in [-0.2, 0) is 11.7 Å². The Balaban J connectivity index is 1.63. The summed E-state index contributed by atoms with van der Waals surface area (Å²) in [6, 6.07) is 5.23. The fourth-order valence-electron chi connectivity index (χ4n) is 3.58. The average molecular weight is 458 g/mol. The zero-order valence-corrected chi connectivity index (χ0v) is 18.5. The molecular formula is C21H27ClF3N5O. The molecule has 1 aliphatic rings. The van der Waals surface area contributed by atoms with Gasteiger partial charge in [-0.05, 0) is 38.5 Å². The van der Waals surface area contributed by atoms with Crippen LogP contribution in [0, 0.1) is 0 Å². The van der Waals surface area contributed by atoms with Gasteiger partial charge in [0.2, 0.25) is 0 Å². The molecule has 1 aromatic heterocycles. The normalized spacial score (nSPS) is 18.2. The van der Waals surface area contributed by atoms with Gasteiger partial charge in [0.05, 0.1) is 22.3 Å². The molecule has 10 heteroatoms. The van der Waals surface area contributed by atoms with Gasteiger partial charge in [-0.3, -0.25) is 9.69 Å². The van der Waals surface area contributed by atoms with Crippen molar-refractivity contribution >= 4 is 17.3 Å². The van der Waals surface area contributed by atoms with Crippen LogP contribution in [-0.4, -0.2) is 47.4 Å². The van der Waals surface area contributed by atoms with Gasteiger partial charge in [-0.15, -0.1) is 0 Å². The smallest absolute Gasteiger partial charge is 0.378 e. The summed E-state index contributed by atoms with van der Waals surface area (Å²) in [7, 11) is 0. The van der Waals surface area contributed by atoms with Gasteiger partial charge in [-0.25, -0.2) is 4.68 Å². The molecule has 1 aliphatic heterocycles. The van der Waals surface area contributed by atoms with E-state index in [1.807, 2.05) is 20.8 Å². The molecule has 1 saturated heterocycles. The van der Waals surface area contributed by atoms with E-state index < -0.39 is 17.3 Å². The fraction of sp³-hybridized carbons (Fsp3) is 0.524. The summed E-state index contributed by atoms with van der Waals surface area (Å²) < 4.78 is 40.5. The Morgan fingerprint density at radius 3 is 2.71 bits per heavy atom. The first-order valence-corrected chi connectivity index (χ1v) is 10.5. The first-order valence-electron chi connectivity index (χ1n) is 10.1. The van der Waals surface area contributed by atoms with E-state index in [1.54, 1.807) is 6.07 Å². The van der Waals surface area contributed by atoms with Crippen LogP contribution in [0.25, 0.3) is 0 Å². The van der Waals surface area contributed by atoms with Gasteiger partial charge in [0.25, 0.3) is 5.56 Å². The largest absolute Gasteiger partial charge is 0.416 e. The summed E-state index contributed by atoms with van der Waals surface area (Å²) in [5, 5.41) is 10.8. The van der Waals surface area contributed by atoms with Crippen molar-refractivity contribution in [1.29, 1.82) is 0 Å². The molecule has 170 valence electrons. The highest BCUT2D eigenvalue weighted by molar-refractivity contribution is 6.33. The van der Waals surface area contributed by atoms with Crippen LogP contribution in [0.3, 0.4) is 0 Å². The molecule has 0 spiro atoms. The molecule has 2 N–H and O–H groups in total. The van der Waals surface area contributed by atoms with E-state index in [0.717, 1.165) is 12.6 Å². The van der Waals surface area contributed by atoms with Gasteiger partial charge in [0.15, 0.2) is 0 Å².